The van der Waals surface area contributed by atoms with Gasteiger partial charge in [0.05, 0.1) is 5.56 Å². The maximum absolute atomic E-state index is 12.1. The second-order valence-electron chi connectivity index (χ2n) is 6.29. The molecule has 0 unspecified atom stereocenters. The number of carbonyl (C=O) groups is 2. The Hall–Kier alpha value is -2.82. The van der Waals surface area contributed by atoms with Crippen molar-refractivity contribution in [2.45, 2.75) is 26.4 Å². The molecule has 2 aromatic rings. The number of hydrogen-bond donors (Lipinski definition) is 0. The van der Waals surface area contributed by atoms with Crippen LogP contribution < -0.4 is 9.64 Å². The van der Waals surface area contributed by atoms with E-state index in [0.29, 0.717) is 17.0 Å². The molecule has 0 spiro atoms. The summed E-state index contributed by atoms with van der Waals surface area (Å²) in [6.45, 7) is 5.42. The third-order valence-electron chi connectivity index (χ3n) is 3.11. The van der Waals surface area contributed by atoms with Crippen LogP contribution in [0.15, 0.2) is 54.6 Å². The van der Waals surface area contributed by atoms with Gasteiger partial charge in [-0.2, -0.15) is 0 Å². The molecule has 2 aromatic carbocycles. The van der Waals surface area contributed by atoms with Crippen LogP contribution in [0.3, 0.4) is 0 Å². The first-order valence-corrected chi connectivity index (χ1v) is 7.60. The highest BCUT2D eigenvalue weighted by atomic mass is 16.6. The van der Waals surface area contributed by atoms with Gasteiger partial charge in [0.1, 0.15) is 11.4 Å². The third kappa shape index (κ3) is 4.84. The molecule has 5 heteroatoms. The first kappa shape index (κ1) is 17.5. The average molecular weight is 327 g/mol. The first-order valence-electron chi connectivity index (χ1n) is 7.60. The van der Waals surface area contributed by atoms with E-state index >= 15 is 0 Å². The molecule has 0 saturated carbocycles. The molecule has 126 valence electrons. The minimum Gasteiger partial charge on any atom is -0.443 e. The molecule has 0 atom stereocenters. The Morgan fingerprint density at radius 2 is 1.50 bits per heavy atom. The van der Waals surface area contributed by atoms with E-state index in [2.05, 4.69) is 0 Å². The summed E-state index contributed by atoms with van der Waals surface area (Å²) in [5.74, 6) is 0.0325. The molecular formula is C19H21NO4. The predicted molar refractivity (Wildman–Crippen MR) is 92.5 cm³/mol. The summed E-state index contributed by atoms with van der Waals surface area (Å²) in [4.78, 5) is 25.5. The molecular weight excluding hydrogens is 306 g/mol. The molecule has 0 aliphatic heterocycles. The van der Waals surface area contributed by atoms with Gasteiger partial charge in [-0.3, -0.25) is 4.90 Å². The Bertz CT molecular complexity index is 702. The second kappa shape index (κ2) is 7.17. The summed E-state index contributed by atoms with van der Waals surface area (Å²) in [7, 11) is 1.62. The molecule has 0 radical (unpaired) electrons. The number of esters is 1. The Morgan fingerprint density at radius 3 is 2.04 bits per heavy atom. The molecule has 0 aliphatic rings. The fourth-order valence-electron chi connectivity index (χ4n) is 1.91. The van der Waals surface area contributed by atoms with Gasteiger partial charge in [-0.15, -0.1) is 0 Å². The van der Waals surface area contributed by atoms with Crippen molar-refractivity contribution in [3.63, 3.8) is 0 Å². The van der Waals surface area contributed by atoms with Gasteiger partial charge in [0.25, 0.3) is 0 Å². The van der Waals surface area contributed by atoms with Crippen LogP contribution in [0, 0.1) is 0 Å². The summed E-state index contributed by atoms with van der Waals surface area (Å²) < 4.78 is 10.6. The van der Waals surface area contributed by atoms with Crippen LogP contribution in [0.2, 0.25) is 0 Å². The van der Waals surface area contributed by atoms with Crippen LogP contribution >= 0.6 is 0 Å². The largest absolute Gasteiger partial charge is 0.443 e. The van der Waals surface area contributed by atoms with Crippen LogP contribution in [0.5, 0.6) is 5.75 Å². The number of ether oxygens (including phenoxy) is 2. The lowest BCUT2D eigenvalue weighted by Gasteiger charge is -2.24. The van der Waals surface area contributed by atoms with Gasteiger partial charge in [0.15, 0.2) is 0 Å². The number of rotatable bonds is 3. The zero-order valence-corrected chi connectivity index (χ0v) is 14.3. The van der Waals surface area contributed by atoms with Gasteiger partial charge in [-0.05, 0) is 57.2 Å². The summed E-state index contributed by atoms with van der Waals surface area (Å²) in [5.41, 5.74) is 0.464. The lowest BCUT2D eigenvalue weighted by molar-refractivity contribution is 0.0589. The highest BCUT2D eigenvalue weighted by molar-refractivity contribution is 5.92. The van der Waals surface area contributed by atoms with Gasteiger partial charge in [0.2, 0.25) is 0 Å². The lowest BCUT2D eigenvalue weighted by Crippen LogP contribution is -2.34. The molecule has 0 fully saturated rings. The third-order valence-corrected chi connectivity index (χ3v) is 3.11. The zero-order valence-electron chi connectivity index (χ0n) is 14.3. The second-order valence-corrected chi connectivity index (χ2v) is 6.29. The molecule has 0 heterocycles. The summed E-state index contributed by atoms with van der Waals surface area (Å²) in [6.07, 6.45) is -0.456. The Balaban J connectivity index is 2.04. The number of anilines is 1. The minimum atomic E-state index is -0.565. The molecule has 2 rings (SSSR count). The van der Waals surface area contributed by atoms with Crippen LogP contribution in [-0.2, 0) is 4.74 Å². The van der Waals surface area contributed by atoms with E-state index in [1.807, 2.05) is 6.07 Å². The van der Waals surface area contributed by atoms with Crippen LogP contribution in [0.1, 0.15) is 31.1 Å². The predicted octanol–water partition coefficient (Wildman–Crippen LogP) is 4.28. The molecule has 24 heavy (non-hydrogen) atoms. The minimum absolute atomic E-state index is 0.403. The number of carbonyl (C=O) groups excluding carboxylic acids is 2. The zero-order chi connectivity index (χ0) is 17.7. The summed E-state index contributed by atoms with van der Waals surface area (Å²) >= 11 is 0. The molecule has 0 saturated heterocycles. The van der Waals surface area contributed by atoms with Crippen molar-refractivity contribution < 1.29 is 19.1 Å². The molecule has 0 N–H and O–H groups in total. The Labute approximate surface area is 141 Å². The quantitative estimate of drug-likeness (QED) is 0.624. The van der Waals surface area contributed by atoms with Crippen molar-refractivity contribution in [2.75, 3.05) is 11.9 Å². The van der Waals surface area contributed by atoms with E-state index in [0.717, 1.165) is 0 Å². The topological polar surface area (TPSA) is 55.8 Å². The van der Waals surface area contributed by atoms with Gasteiger partial charge in [-0.1, -0.05) is 18.2 Å². The highest BCUT2D eigenvalue weighted by Gasteiger charge is 2.20. The van der Waals surface area contributed by atoms with E-state index < -0.39 is 17.7 Å². The van der Waals surface area contributed by atoms with Gasteiger partial charge >= 0.3 is 12.1 Å². The molecule has 5 nitrogen and oxygen atoms in total. The molecule has 1 amide bonds. The van der Waals surface area contributed by atoms with E-state index in [1.165, 1.54) is 4.90 Å². The van der Waals surface area contributed by atoms with Crippen molar-refractivity contribution in [3.05, 3.63) is 60.2 Å². The van der Waals surface area contributed by atoms with Crippen molar-refractivity contribution >= 4 is 17.7 Å². The number of nitrogens with zero attached hydrogens (tertiary/aromatic N) is 1. The highest BCUT2D eigenvalue weighted by Crippen LogP contribution is 2.19. The summed E-state index contributed by atoms with van der Waals surface area (Å²) in [6, 6.07) is 15.4. The fraction of sp³-hybridized carbons (Fsp3) is 0.263. The van der Waals surface area contributed by atoms with E-state index in [-0.39, 0.29) is 0 Å². The van der Waals surface area contributed by atoms with Crippen LogP contribution in [-0.4, -0.2) is 24.7 Å². The Morgan fingerprint density at radius 1 is 0.917 bits per heavy atom. The monoisotopic (exact) mass is 327 g/mol. The van der Waals surface area contributed by atoms with Gasteiger partial charge in [0, 0.05) is 12.7 Å². The lowest BCUT2D eigenvalue weighted by atomic mass is 10.2. The average Bonchev–Trinajstić information content (AvgIpc) is 2.53. The van der Waals surface area contributed by atoms with Gasteiger partial charge in [-0.25, -0.2) is 9.59 Å². The fourth-order valence-corrected chi connectivity index (χ4v) is 1.91. The van der Waals surface area contributed by atoms with E-state index in [4.69, 9.17) is 9.47 Å². The van der Waals surface area contributed by atoms with Crippen LogP contribution in [0.4, 0.5) is 10.5 Å². The number of amides is 1. The molecule has 0 bridgehead atoms. The van der Waals surface area contributed by atoms with Crippen molar-refractivity contribution in [2.24, 2.45) is 0 Å². The van der Waals surface area contributed by atoms with Gasteiger partial charge < -0.3 is 9.47 Å². The standard InChI is InChI=1S/C19H21NO4/c1-19(2,3)24-18(22)20(4)15-12-10-14(11-13-15)17(21)23-16-8-6-5-7-9-16/h5-13H,1-4H3. The Kier molecular flexibility index (Phi) is 5.24. The maximum Gasteiger partial charge on any atom is 0.414 e. The molecule has 0 aliphatic carbocycles. The van der Waals surface area contributed by atoms with Crippen LogP contribution in [0.25, 0.3) is 0 Å². The van der Waals surface area contributed by atoms with Crippen molar-refractivity contribution in [3.8, 4) is 5.75 Å². The smallest absolute Gasteiger partial charge is 0.414 e. The maximum atomic E-state index is 12.1. The van der Waals surface area contributed by atoms with E-state index in [9.17, 15) is 9.59 Å². The first-order chi connectivity index (χ1) is 11.3. The van der Waals surface area contributed by atoms with Crippen molar-refractivity contribution in [1.82, 2.24) is 0 Å². The number of hydrogen-bond acceptors (Lipinski definition) is 4. The normalized spacial score (nSPS) is 10.8. The van der Waals surface area contributed by atoms with Crippen molar-refractivity contribution in [1.29, 1.82) is 0 Å². The number of benzene rings is 2. The molecule has 0 aromatic heterocycles. The summed E-state index contributed by atoms with van der Waals surface area (Å²) in [5, 5.41) is 0. The van der Waals surface area contributed by atoms with E-state index in [1.54, 1.807) is 76.3 Å². The SMILES string of the molecule is CN(C(=O)OC(C)(C)C)c1ccc(C(=O)Oc2ccccc2)cc1. The number of para-hydroxylation sites is 1.